The number of carbonyl (C=O) groups excluding carboxylic acids is 6. The van der Waals surface area contributed by atoms with Crippen molar-refractivity contribution in [2.75, 3.05) is 0 Å². The number of nitrogens with one attached hydrogen (secondary N) is 6. The molecule has 0 bridgehead atoms. The molecule has 0 fully saturated rings. The Morgan fingerprint density at radius 1 is 0.362 bits per heavy atom. The van der Waals surface area contributed by atoms with E-state index >= 15 is 0 Å². The van der Waals surface area contributed by atoms with Crippen LogP contribution in [0.4, 0.5) is 0 Å². The first-order valence-corrected chi connectivity index (χ1v) is 21.8. The van der Waals surface area contributed by atoms with Gasteiger partial charge in [0.1, 0.15) is 18.1 Å². The Bertz CT molecular complexity index is 1850. The number of nitrogens with two attached hydrogens (primary N) is 3. The van der Waals surface area contributed by atoms with E-state index in [0.717, 1.165) is 0 Å². The van der Waals surface area contributed by atoms with Gasteiger partial charge in [-0.3, -0.25) is 57.5 Å². The van der Waals surface area contributed by atoms with E-state index < -0.39 is 165 Å². The summed E-state index contributed by atoms with van der Waals surface area (Å²) in [7, 11) is 0. The molecule has 0 heterocycles. The number of hydrogen-bond acceptors (Lipinski definition) is 15. The summed E-state index contributed by atoms with van der Waals surface area (Å²) in [6, 6.07) is -9.39. The van der Waals surface area contributed by atoms with Gasteiger partial charge in [0.05, 0.1) is 37.4 Å². The van der Waals surface area contributed by atoms with E-state index in [1.807, 2.05) is 0 Å². The van der Waals surface area contributed by atoms with E-state index in [9.17, 15) is 72.9 Å². The number of carboxylic acids is 6. The Kier molecular flexibility index (Phi) is 25.5. The van der Waals surface area contributed by atoms with Crippen molar-refractivity contribution < 1.29 is 88.2 Å². The zero-order valence-electron chi connectivity index (χ0n) is 38.4. The van der Waals surface area contributed by atoms with Gasteiger partial charge >= 0.3 is 35.8 Å². The molecule has 0 aromatic heterocycles. The van der Waals surface area contributed by atoms with Crippen molar-refractivity contribution in [2.24, 2.45) is 17.2 Å². The Morgan fingerprint density at radius 2 is 0.580 bits per heavy atom. The van der Waals surface area contributed by atoms with E-state index in [4.69, 9.17) is 32.5 Å². The fourth-order valence-corrected chi connectivity index (χ4v) is 7.20. The molecule has 1 aromatic rings. The Morgan fingerprint density at radius 3 is 0.754 bits per heavy atom. The van der Waals surface area contributed by atoms with Crippen LogP contribution in [0.1, 0.15) is 112 Å². The molecular formula is C42H63N9O18. The average molecular weight is 982 g/mol. The maximum absolute atomic E-state index is 13.8. The quantitative estimate of drug-likeness (QED) is 0.0328. The highest BCUT2D eigenvalue weighted by Crippen LogP contribution is 2.31. The van der Waals surface area contributed by atoms with Crippen molar-refractivity contribution in [1.82, 2.24) is 31.9 Å². The lowest BCUT2D eigenvalue weighted by molar-refractivity contribution is -0.140. The number of benzene rings is 1. The first-order valence-electron chi connectivity index (χ1n) is 21.8. The van der Waals surface area contributed by atoms with Crippen molar-refractivity contribution in [3.05, 3.63) is 33.4 Å². The third kappa shape index (κ3) is 20.7. The average Bonchev–Trinajstić information content (AvgIpc) is 3.26. The topological polar surface area (TPSA) is 476 Å². The smallest absolute Gasteiger partial charge is 0.305 e. The lowest BCUT2D eigenvalue weighted by Gasteiger charge is -2.28. The molecule has 6 atom stereocenters. The molecule has 0 unspecified atom stereocenters. The number of carbonyl (C=O) groups is 12. The van der Waals surface area contributed by atoms with Crippen LogP contribution in [0.2, 0.25) is 0 Å². The first-order chi connectivity index (χ1) is 32.3. The minimum absolute atomic E-state index is 0.204. The van der Waals surface area contributed by atoms with Gasteiger partial charge in [-0.15, -0.1) is 0 Å². The first kappa shape index (κ1) is 59.8. The predicted octanol–water partition coefficient (Wildman–Crippen LogP) is -3.32. The molecule has 6 amide bonds. The van der Waals surface area contributed by atoms with E-state index in [2.05, 4.69) is 31.9 Å². The molecule has 0 spiro atoms. The summed E-state index contributed by atoms with van der Waals surface area (Å²) < 4.78 is 0. The molecule has 18 N–H and O–H groups in total. The minimum Gasteiger partial charge on any atom is -0.481 e. The van der Waals surface area contributed by atoms with Crippen LogP contribution >= 0.6 is 0 Å². The van der Waals surface area contributed by atoms with Crippen LogP contribution in [0.3, 0.4) is 0 Å². The van der Waals surface area contributed by atoms with Gasteiger partial charge in [0, 0.05) is 38.9 Å². The fourth-order valence-electron chi connectivity index (χ4n) is 7.20. The second kappa shape index (κ2) is 29.5. The van der Waals surface area contributed by atoms with Gasteiger partial charge in [0.2, 0.25) is 35.4 Å². The van der Waals surface area contributed by atoms with Gasteiger partial charge in [-0.05, 0) is 71.9 Å². The fraction of sp³-hybridized carbons (Fsp3) is 0.571. The predicted molar refractivity (Wildman–Crippen MR) is 237 cm³/mol. The number of aliphatic carboxylic acids is 6. The number of carboxylic acid groups (broad SMARTS) is 6. The van der Waals surface area contributed by atoms with Crippen molar-refractivity contribution in [2.45, 2.75) is 154 Å². The SMILES string of the molecule is CCc1c(CNC(=O)[C@H](CCC(=O)O)NC(=O)[C@@H](N)CC(=O)O)c(CC)c(CNC(=O)[C@H](CCC(=O)O)NC(=O)[C@@H](N)CC(=O)O)c(CC)c1CNC(=O)[C@H](CCC(=O)O)NC(=O)[C@@H](N)CC(=O)O. The van der Waals surface area contributed by atoms with Gasteiger partial charge in [0.15, 0.2) is 0 Å². The lowest BCUT2D eigenvalue weighted by Crippen LogP contribution is -2.52. The standard InChI is InChI=1S/C42H63N9O18/c1-4-19-22(16-46-40(67)28(7-10-31(52)53)49-37(64)25(43)13-34(58)59)20(5-2)24(18-48-42(69)30(9-12-33(56)57)51-39(66)27(45)15-36(62)63)21(6-3)23(19)17-47-41(68)29(8-11-32(54)55)50-38(65)26(44)14-35(60)61/h25-30H,4-18,43-45H2,1-3H3,(H,46,67)(H,47,68)(H,48,69)(H,49,64)(H,50,65)(H,51,66)(H,52,53)(H,54,55)(H,56,57)(H,58,59)(H,60,61)(H,62,63)/t25-,26-,27-,28-,29-,30-/m0/s1. The van der Waals surface area contributed by atoms with Crippen LogP contribution in [-0.2, 0) is 96.4 Å². The van der Waals surface area contributed by atoms with E-state index in [1.54, 1.807) is 20.8 Å². The van der Waals surface area contributed by atoms with Crippen LogP contribution in [0, 0.1) is 0 Å². The van der Waals surface area contributed by atoms with Crippen molar-refractivity contribution in [3.63, 3.8) is 0 Å². The van der Waals surface area contributed by atoms with Crippen LogP contribution < -0.4 is 49.1 Å². The molecule has 0 saturated heterocycles. The van der Waals surface area contributed by atoms with Gasteiger partial charge in [-0.1, -0.05) is 20.8 Å². The summed E-state index contributed by atoms with van der Waals surface area (Å²) >= 11 is 0. The normalized spacial score (nSPS) is 13.5. The van der Waals surface area contributed by atoms with Crippen molar-refractivity contribution >= 4 is 71.3 Å². The molecule has 1 aromatic carbocycles. The summed E-state index contributed by atoms with van der Waals surface area (Å²) in [5.41, 5.74) is 19.9. The van der Waals surface area contributed by atoms with E-state index in [0.29, 0.717) is 33.4 Å². The zero-order chi connectivity index (χ0) is 52.7. The molecule has 69 heavy (non-hydrogen) atoms. The Labute approximate surface area is 395 Å². The van der Waals surface area contributed by atoms with Crippen LogP contribution in [-0.4, -0.2) is 138 Å². The van der Waals surface area contributed by atoms with Gasteiger partial charge < -0.3 is 79.7 Å². The maximum atomic E-state index is 13.8. The monoisotopic (exact) mass is 981 g/mol. The Balaban J connectivity index is 3.99. The van der Waals surface area contributed by atoms with Crippen molar-refractivity contribution in [1.29, 1.82) is 0 Å². The number of amides is 6. The Hall–Kier alpha value is -7.26. The molecule has 0 aliphatic rings. The maximum Gasteiger partial charge on any atom is 0.305 e. The molecular weight excluding hydrogens is 919 g/mol. The van der Waals surface area contributed by atoms with E-state index in [-0.39, 0.29) is 38.9 Å². The molecule has 27 nitrogen and oxygen atoms in total. The highest BCUT2D eigenvalue weighted by Gasteiger charge is 2.31. The van der Waals surface area contributed by atoms with Crippen molar-refractivity contribution in [3.8, 4) is 0 Å². The van der Waals surface area contributed by atoms with Gasteiger partial charge in [0.25, 0.3) is 0 Å². The van der Waals surface area contributed by atoms with Crippen LogP contribution in [0.25, 0.3) is 0 Å². The molecule has 0 aliphatic carbocycles. The third-order valence-corrected chi connectivity index (χ3v) is 10.6. The molecule has 384 valence electrons. The largest absolute Gasteiger partial charge is 0.481 e. The molecule has 0 saturated carbocycles. The van der Waals surface area contributed by atoms with Gasteiger partial charge in [-0.25, -0.2) is 0 Å². The molecule has 27 heteroatoms. The lowest BCUT2D eigenvalue weighted by atomic mass is 9.83. The highest BCUT2D eigenvalue weighted by molar-refractivity contribution is 5.93. The van der Waals surface area contributed by atoms with Crippen LogP contribution in [0.5, 0.6) is 0 Å². The second-order valence-corrected chi connectivity index (χ2v) is 15.7. The molecule has 1 rings (SSSR count). The minimum atomic E-state index is -1.60. The number of rotatable bonds is 33. The summed E-state index contributed by atoms with van der Waals surface area (Å²) in [6.45, 7) is 4.18. The number of hydrogen-bond donors (Lipinski definition) is 15. The zero-order valence-corrected chi connectivity index (χ0v) is 38.4. The second-order valence-electron chi connectivity index (χ2n) is 15.7. The van der Waals surface area contributed by atoms with E-state index in [1.165, 1.54) is 0 Å². The summed E-state index contributed by atoms with van der Waals surface area (Å²) in [5.74, 6) is -14.1. The molecule has 0 radical (unpaired) electrons. The highest BCUT2D eigenvalue weighted by atomic mass is 16.4. The molecule has 0 aliphatic heterocycles. The van der Waals surface area contributed by atoms with Crippen LogP contribution in [0.15, 0.2) is 0 Å². The summed E-state index contributed by atoms with van der Waals surface area (Å²) in [5, 5.41) is 70.2. The third-order valence-electron chi connectivity index (χ3n) is 10.6. The summed E-state index contributed by atoms with van der Waals surface area (Å²) in [6.07, 6.45) is -4.97. The van der Waals surface area contributed by atoms with Gasteiger partial charge in [-0.2, -0.15) is 0 Å². The summed E-state index contributed by atoms with van der Waals surface area (Å²) in [4.78, 5) is 148.